The van der Waals surface area contributed by atoms with Gasteiger partial charge in [-0.05, 0) is 49.1 Å². The number of amides is 1. The summed E-state index contributed by atoms with van der Waals surface area (Å²) in [6.45, 7) is 2.16. The monoisotopic (exact) mass is 432 g/mol. The van der Waals surface area contributed by atoms with Crippen LogP contribution in [-0.2, 0) is 26.5 Å². The normalized spacial score (nSPS) is 17.8. The standard InChI is InChI=1S/C23H24N6O3/c1-23(31)5-4-16-9-20(32-14-15-11-25-28(2)13-15)19(8-17(16)10-23)27-22(30)18-12-26-29-7-3-6-24-21(18)29/h3,6-9,11-13,31H,4-5,10,14H2,1-2H3,(H,27,30)/t23-/m1/s1. The molecule has 0 unspecified atom stereocenters. The van der Waals surface area contributed by atoms with Crippen molar-refractivity contribution >= 4 is 17.2 Å². The molecule has 0 bridgehead atoms. The zero-order valence-corrected chi connectivity index (χ0v) is 17.9. The molecule has 1 atom stereocenters. The van der Waals surface area contributed by atoms with Gasteiger partial charge in [-0.1, -0.05) is 0 Å². The highest BCUT2D eigenvalue weighted by Crippen LogP contribution is 2.36. The van der Waals surface area contributed by atoms with Crippen LogP contribution in [0.3, 0.4) is 0 Å². The molecule has 32 heavy (non-hydrogen) atoms. The number of rotatable bonds is 5. The molecule has 9 nitrogen and oxygen atoms in total. The van der Waals surface area contributed by atoms with E-state index in [9.17, 15) is 9.90 Å². The van der Waals surface area contributed by atoms with Gasteiger partial charge < -0.3 is 15.2 Å². The van der Waals surface area contributed by atoms with Gasteiger partial charge in [0, 0.05) is 37.6 Å². The fourth-order valence-electron chi connectivity index (χ4n) is 4.07. The molecule has 1 aliphatic carbocycles. The third-order valence-electron chi connectivity index (χ3n) is 5.73. The quantitative estimate of drug-likeness (QED) is 0.502. The van der Waals surface area contributed by atoms with Gasteiger partial charge in [0.05, 0.1) is 23.7 Å². The highest BCUT2D eigenvalue weighted by molar-refractivity contribution is 6.08. The molecule has 0 spiro atoms. The average Bonchev–Trinajstić information content (AvgIpc) is 3.37. The number of aromatic nitrogens is 5. The van der Waals surface area contributed by atoms with Crippen molar-refractivity contribution in [3.63, 3.8) is 0 Å². The fraction of sp³-hybridized carbons (Fsp3) is 0.304. The molecule has 0 saturated heterocycles. The average molecular weight is 432 g/mol. The molecule has 0 fully saturated rings. The van der Waals surface area contributed by atoms with E-state index in [-0.39, 0.29) is 5.91 Å². The number of benzene rings is 1. The zero-order chi connectivity index (χ0) is 22.3. The molecule has 9 heteroatoms. The van der Waals surface area contributed by atoms with Crippen LogP contribution in [0.25, 0.3) is 5.65 Å². The minimum absolute atomic E-state index is 0.325. The lowest BCUT2D eigenvalue weighted by Gasteiger charge is -2.30. The molecule has 1 aliphatic rings. The number of anilines is 1. The lowest BCUT2D eigenvalue weighted by Crippen LogP contribution is -2.32. The number of aliphatic hydroxyl groups is 1. The van der Waals surface area contributed by atoms with Crippen molar-refractivity contribution in [3.8, 4) is 5.75 Å². The Morgan fingerprint density at radius 2 is 2.16 bits per heavy atom. The maximum Gasteiger partial charge on any atom is 0.261 e. The van der Waals surface area contributed by atoms with Gasteiger partial charge in [0.2, 0.25) is 0 Å². The van der Waals surface area contributed by atoms with E-state index in [0.29, 0.717) is 42.1 Å². The van der Waals surface area contributed by atoms with Crippen molar-refractivity contribution in [2.45, 2.75) is 38.4 Å². The second-order valence-electron chi connectivity index (χ2n) is 8.50. The Morgan fingerprint density at radius 3 is 2.97 bits per heavy atom. The Bertz CT molecular complexity index is 1310. The number of ether oxygens (including phenoxy) is 1. The summed E-state index contributed by atoms with van der Waals surface area (Å²) in [7, 11) is 1.85. The van der Waals surface area contributed by atoms with Crippen LogP contribution in [0.2, 0.25) is 0 Å². The van der Waals surface area contributed by atoms with Crippen LogP contribution in [-0.4, -0.2) is 41.0 Å². The number of hydrogen-bond acceptors (Lipinski definition) is 6. The first kappa shape index (κ1) is 20.2. The summed E-state index contributed by atoms with van der Waals surface area (Å²) >= 11 is 0. The number of nitrogens with zero attached hydrogens (tertiary/aromatic N) is 5. The number of hydrogen-bond donors (Lipinski definition) is 2. The van der Waals surface area contributed by atoms with E-state index >= 15 is 0 Å². The van der Waals surface area contributed by atoms with E-state index in [2.05, 4.69) is 20.5 Å². The van der Waals surface area contributed by atoms with Crippen molar-refractivity contribution in [2.75, 3.05) is 5.32 Å². The highest BCUT2D eigenvalue weighted by Gasteiger charge is 2.29. The van der Waals surface area contributed by atoms with Gasteiger partial charge in [0.1, 0.15) is 17.9 Å². The van der Waals surface area contributed by atoms with E-state index in [4.69, 9.17) is 4.74 Å². The van der Waals surface area contributed by atoms with Gasteiger partial charge >= 0.3 is 0 Å². The Hall–Kier alpha value is -3.72. The topological polar surface area (TPSA) is 107 Å². The summed E-state index contributed by atoms with van der Waals surface area (Å²) in [5, 5.41) is 21.9. The molecule has 1 amide bonds. The number of aryl methyl sites for hydroxylation is 2. The molecule has 0 saturated carbocycles. The van der Waals surface area contributed by atoms with Crippen LogP contribution >= 0.6 is 0 Å². The minimum atomic E-state index is -0.765. The molecule has 3 heterocycles. The van der Waals surface area contributed by atoms with Crippen LogP contribution in [0, 0.1) is 0 Å². The first-order valence-corrected chi connectivity index (χ1v) is 10.5. The van der Waals surface area contributed by atoms with Crippen LogP contribution in [0.15, 0.2) is 49.2 Å². The predicted molar refractivity (Wildman–Crippen MR) is 118 cm³/mol. The summed E-state index contributed by atoms with van der Waals surface area (Å²) in [5.41, 5.74) is 3.68. The van der Waals surface area contributed by atoms with Crippen molar-refractivity contribution < 1.29 is 14.6 Å². The van der Waals surface area contributed by atoms with Gasteiger partial charge in [0.15, 0.2) is 5.65 Å². The molecule has 0 aliphatic heterocycles. The number of fused-ring (bicyclic) bond motifs is 2. The van der Waals surface area contributed by atoms with Gasteiger partial charge in [0.25, 0.3) is 5.91 Å². The Balaban J connectivity index is 1.47. The van der Waals surface area contributed by atoms with Gasteiger partial charge in [-0.2, -0.15) is 10.2 Å². The lowest BCUT2D eigenvalue weighted by molar-refractivity contribution is 0.0458. The molecule has 1 aromatic carbocycles. The second kappa shape index (κ2) is 7.76. The number of nitrogens with one attached hydrogen (secondary N) is 1. The van der Waals surface area contributed by atoms with Gasteiger partial charge in [-0.25, -0.2) is 9.50 Å². The first-order chi connectivity index (χ1) is 15.4. The predicted octanol–water partition coefficient (Wildman–Crippen LogP) is 2.53. The number of carbonyl (C=O) groups excluding carboxylic acids is 1. The third kappa shape index (κ3) is 3.94. The largest absolute Gasteiger partial charge is 0.487 e. The van der Waals surface area contributed by atoms with Crippen molar-refractivity contribution in [1.82, 2.24) is 24.4 Å². The van der Waals surface area contributed by atoms with E-state index in [1.165, 1.54) is 6.20 Å². The first-order valence-electron chi connectivity index (χ1n) is 10.5. The second-order valence-corrected chi connectivity index (χ2v) is 8.50. The van der Waals surface area contributed by atoms with Crippen LogP contribution in [0.1, 0.15) is 40.4 Å². The fourth-order valence-corrected chi connectivity index (χ4v) is 4.07. The summed E-state index contributed by atoms with van der Waals surface area (Å²) in [5.74, 6) is 0.249. The zero-order valence-electron chi connectivity index (χ0n) is 17.9. The molecule has 3 aromatic heterocycles. The minimum Gasteiger partial charge on any atom is -0.487 e. The van der Waals surface area contributed by atoms with Crippen LogP contribution in [0.5, 0.6) is 5.75 Å². The van der Waals surface area contributed by atoms with Gasteiger partial charge in [-0.3, -0.25) is 9.48 Å². The highest BCUT2D eigenvalue weighted by atomic mass is 16.5. The van der Waals surface area contributed by atoms with Gasteiger partial charge in [-0.15, -0.1) is 0 Å². The third-order valence-corrected chi connectivity index (χ3v) is 5.73. The Kier molecular flexibility index (Phi) is 4.90. The Labute approximate surface area is 184 Å². The van der Waals surface area contributed by atoms with Crippen LogP contribution < -0.4 is 10.1 Å². The van der Waals surface area contributed by atoms with Crippen LogP contribution in [0.4, 0.5) is 5.69 Å². The molecule has 0 radical (unpaired) electrons. The molecule has 5 rings (SSSR count). The SMILES string of the molecule is Cn1cc(COc2cc3c(cc2NC(=O)c2cnn4cccnc24)C[C@](C)(O)CC3)cn1. The molecule has 4 aromatic rings. The molecule has 2 N–H and O–H groups in total. The summed E-state index contributed by atoms with van der Waals surface area (Å²) in [4.78, 5) is 17.4. The molecular formula is C23H24N6O3. The van der Waals surface area contributed by atoms with Crippen molar-refractivity contribution in [1.29, 1.82) is 0 Å². The molecule has 164 valence electrons. The van der Waals surface area contributed by atoms with E-state index in [1.54, 1.807) is 33.9 Å². The number of carbonyl (C=O) groups is 1. The van der Waals surface area contributed by atoms with Crippen molar-refractivity contribution in [3.05, 3.63) is 71.4 Å². The van der Waals surface area contributed by atoms with E-state index < -0.39 is 5.60 Å². The summed E-state index contributed by atoms with van der Waals surface area (Å²) in [6, 6.07) is 5.62. The lowest BCUT2D eigenvalue weighted by atomic mass is 9.81. The Morgan fingerprint density at radius 1 is 1.28 bits per heavy atom. The molecular weight excluding hydrogens is 408 g/mol. The van der Waals surface area contributed by atoms with E-state index in [0.717, 1.165) is 23.1 Å². The maximum absolute atomic E-state index is 13.1. The van der Waals surface area contributed by atoms with Crippen molar-refractivity contribution in [2.24, 2.45) is 7.05 Å². The maximum atomic E-state index is 13.1. The smallest absolute Gasteiger partial charge is 0.261 e. The van der Waals surface area contributed by atoms with E-state index in [1.807, 2.05) is 32.3 Å². The summed E-state index contributed by atoms with van der Waals surface area (Å²) in [6.07, 6.45) is 10.4. The summed E-state index contributed by atoms with van der Waals surface area (Å²) < 4.78 is 9.36.